The van der Waals surface area contributed by atoms with Crippen molar-refractivity contribution in [2.45, 2.75) is 6.42 Å². The predicted molar refractivity (Wildman–Crippen MR) is 102 cm³/mol. The summed E-state index contributed by atoms with van der Waals surface area (Å²) in [5.41, 5.74) is 6.38. The van der Waals surface area contributed by atoms with Gasteiger partial charge in [-0.3, -0.25) is 5.41 Å². The number of carbonyl (C=O) groups excluding carboxylic acids is 1. The predicted octanol–water partition coefficient (Wildman–Crippen LogP) is 2.62. The number of nitrogens with one attached hydrogen (secondary N) is 1. The molecule has 0 spiro atoms. The number of carbonyl (C=O) groups is 1. The van der Waals surface area contributed by atoms with Gasteiger partial charge in [-0.05, 0) is 48.5 Å². The van der Waals surface area contributed by atoms with Crippen molar-refractivity contribution in [2.75, 3.05) is 33.5 Å². The summed E-state index contributed by atoms with van der Waals surface area (Å²) < 4.78 is 21.2. The number of hydrogen-bond acceptors (Lipinski definition) is 6. The molecule has 0 atom stereocenters. The molecule has 0 aliphatic rings. The van der Waals surface area contributed by atoms with Gasteiger partial charge in [0.05, 0.1) is 25.4 Å². The van der Waals surface area contributed by atoms with E-state index in [9.17, 15) is 4.79 Å². The Kier molecular flexibility index (Phi) is 8.28. The highest BCUT2D eigenvalue weighted by Gasteiger charge is 2.09. The Hall–Kier alpha value is -2.90. The molecule has 0 aromatic heterocycles. The van der Waals surface area contributed by atoms with Crippen LogP contribution in [0.3, 0.4) is 0 Å². The smallest absolute Gasteiger partial charge is 0.343 e. The fourth-order valence-electron chi connectivity index (χ4n) is 2.15. The lowest BCUT2D eigenvalue weighted by Gasteiger charge is -2.08. The van der Waals surface area contributed by atoms with Gasteiger partial charge in [-0.2, -0.15) is 0 Å². The molecule has 2 aromatic carbocycles. The van der Waals surface area contributed by atoms with Gasteiger partial charge in [-0.25, -0.2) is 4.79 Å². The molecule has 0 saturated carbocycles. The Morgan fingerprint density at radius 3 is 2.15 bits per heavy atom. The van der Waals surface area contributed by atoms with Crippen molar-refractivity contribution in [3.8, 4) is 11.5 Å². The number of benzene rings is 2. The minimum Gasteiger partial charge on any atom is -0.494 e. The molecule has 144 valence electrons. The van der Waals surface area contributed by atoms with Crippen molar-refractivity contribution in [3.63, 3.8) is 0 Å². The van der Waals surface area contributed by atoms with Gasteiger partial charge in [-0.1, -0.05) is 0 Å². The van der Waals surface area contributed by atoms with Gasteiger partial charge in [0, 0.05) is 25.7 Å². The number of nitrogens with two attached hydrogens (primary N) is 1. The zero-order valence-corrected chi connectivity index (χ0v) is 15.3. The van der Waals surface area contributed by atoms with E-state index in [4.69, 9.17) is 30.1 Å². The molecule has 0 amide bonds. The summed E-state index contributed by atoms with van der Waals surface area (Å²) in [6, 6.07) is 13.2. The van der Waals surface area contributed by atoms with Gasteiger partial charge in [0.2, 0.25) is 0 Å². The Morgan fingerprint density at radius 2 is 1.52 bits per heavy atom. The molecular weight excluding hydrogens is 348 g/mol. The molecule has 0 heterocycles. The quantitative estimate of drug-likeness (QED) is 0.207. The zero-order valence-electron chi connectivity index (χ0n) is 15.3. The summed E-state index contributed by atoms with van der Waals surface area (Å²) in [7, 11) is 1.64. The number of hydrogen-bond donors (Lipinski definition) is 2. The minimum atomic E-state index is -0.469. The van der Waals surface area contributed by atoms with E-state index in [2.05, 4.69) is 0 Å². The van der Waals surface area contributed by atoms with Crippen LogP contribution in [0.25, 0.3) is 0 Å². The largest absolute Gasteiger partial charge is 0.494 e. The van der Waals surface area contributed by atoms with Crippen LogP contribution in [0.1, 0.15) is 22.3 Å². The first-order valence-corrected chi connectivity index (χ1v) is 8.56. The molecule has 2 aromatic rings. The van der Waals surface area contributed by atoms with E-state index in [1.165, 1.54) is 0 Å². The van der Waals surface area contributed by atoms with E-state index in [0.717, 1.165) is 6.42 Å². The molecule has 0 saturated heterocycles. The highest BCUT2D eigenvalue weighted by Crippen LogP contribution is 2.16. The first kappa shape index (κ1) is 20.4. The van der Waals surface area contributed by atoms with E-state index in [1.807, 2.05) is 0 Å². The average Bonchev–Trinajstić information content (AvgIpc) is 2.68. The van der Waals surface area contributed by atoms with E-state index in [-0.39, 0.29) is 5.84 Å². The van der Waals surface area contributed by atoms with Gasteiger partial charge in [0.15, 0.2) is 0 Å². The third-order valence-electron chi connectivity index (χ3n) is 3.60. The number of ether oxygens (including phenoxy) is 4. The minimum absolute atomic E-state index is 0.0370. The summed E-state index contributed by atoms with van der Waals surface area (Å²) >= 11 is 0. The molecule has 27 heavy (non-hydrogen) atoms. The lowest BCUT2D eigenvalue weighted by molar-refractivity contribution is 0.0644. The van der Waals surface area contributed by atoms with Crippen LogP contribution in [0.5, 0.6) is 11.5 Å². The summed E-state index contributed by atoms with van der Waals surface area (Å²) in [5.74, 6) is 0.557. The van der Waals surface area contributed by atoms with Crippen molar-refractivity contribution in [1.29, 1.82) is 5.41 Å². The van der Waals surface area contributed by atoms with Gasteiger partial charge in [0.1, 0.15) is 17.3 Å². The second kappa shape index (κ2) is 10.9. The van der Waals surface area contributed by atoms with Crippen molar-refractivity contribution >= 4 is 11.8 Å². The van der Waals surface area contributed by atoms with Crippen LogP contribution in [-0.2, 0) is 9.47 Å². The van der Waals surface area contributed by atoms with Crippen LogP contribution in [0.4, 0.5) is 0 Å². The second-order valence-corrected chi connectivity index (χ2v) is 5.66. The third-order valence-corrected chi connectivity index (χ3v) is 3.60. The topological polar surface area (TPSA) is 104 Å². The van der Waals surface area contributed by atoms with Crippen LogP contribution in [0.2, 0.25) is 0 Å². The lowest BCUT2D eigenvalue weighted by Crippen LogP contribution is -2.11. The van der Waals surface area contributed by atoms with E-state index in [1.54, 1.807) is 55.6 Å². The molecule has 7 nitrogen and oxygen atoms in total. The molecule has 0 aliphatic carbocycles. The van der Waals surface area contributed by atoms with Crippen LogP contribution in [0.15, 0.2) is 48.5 Å². The van der Waals surface area contributed by atoms with Gasteiger partial charge >= 0.3 is 5.97 Å². The maximum Gasteiger partial charge on any atom is 0.343 e. The number of methoxy groups -OCH3 is 1. The van der Waals surface area contributed by atoms with Crippen LogP contribution in [-0.4, -0.2) is 45.3 Å². The van der Waals surface area contributed by atoms with E-state index in [0.29, 0.717) is 49.1 Å². The second-order valence-electron chi connectivity index (χ2n) is 5.66. The fourth-order valence-corrected chi connectivity index (χ4v) is 2.15. The van der Waals surface area contributed by atoms with Gasteiger partial charge < -0.3 is 24.7 Å². The fraction of sp³-hybridized carbons (Fsp3) is 0.300. The monoisotopic (exact) mass is 372 g/mol. The highest BCUT2D eigenvalue weighted by atomic mass is 16.5. The maximum atomic E-state index is 12.2. The Balaban J connectivity index is 1.76. The molecule has 0 radical (unpaired) electrons. The SMILES string of the molecule is COCCOCCCOc1ccc(C(=O)Oc2ccc(C(=N)N)cc2)cc1. The summed E-state index contributed by atoms with van der Waals surface area (Å²) in [6.45, 7) is 2.29. The summed E-state index contributed by atoms with van der Waals surface area (Å²) in [6.07, 6.45) is 0.768. The number of nitrogen functional groups attached to an aromatic ring is 1. The normalized spacial score (nSPS) is 10.4. The average molecular weight is 372 g/mol. The van der Waals surface area contributed by atoms with Gasteiger partial charge in [-0.15, -0.1) is 0 Å². The van der Waals surface area contributed by atoms with E-state index >= 15 is 0 Å². The molecule has 2 rings (SSSR count). The Labute approximate surface area is 158 Å². The van der Waals surface area contributed by atoms with Crippen molar-refractivity contribution in [3.05, 3.63) is 59.7 Å². The Morgan fingerprint density at radius 1 is 0.889 bits per heavy atom. The van der Waals surface area contributed by atoms with Crippen LogP contribution in [0, 0.1) is 5.41 Å². The standard InChI is InChI=1S/C20H24N2O5/c1-24-13-14-25-11-2-12-26-17-7-5-16(6-8-17)20(23)27-18-9-3-15(4-10-18)19(21)22/h3-10H,2,11-14H2,1H3,(H3,21,22). The van der Waals surface area contributed by atoms with Crippen molar-refractivity contribution < 1.29 is 23.7 Å². The molecule has 0 unspecified atom stereocenters. The first-order chi connectivity index (χ1) is 13.1. The number of rotatable bonds is 11. The van der Waals surface area contributed by atoms with Crippen molar-refractivity contribution in [1.82, 2.24) is 0 Å². The molecule has 0 bridgehead atoms. The number of esters is 1. The molecule has 7 heteroatoms. The lowest BCUT2D eigenvalue weighted by atomic mass is 10.2. The molecule has 0 aliphatic heterocycles. The summed E-state index contributed by atoms with van der Waals surface area (Å²) in [4.78, 5) is 12.2. The maximum absolute atomic E-state index is 12.2. The molecule has 3 N–H and O–H groups in total. The van der Waals surface area contributed by atoms with E-state index < -0.39 is 5.97 Å². The molecular formula is C20H24N2O5. The third kappa shape index (κ3) is 7.08. The number of amidine groups is 1. The summed E-state index contributed by atoms with van der Waals surface area (Å²) in [5, 5.41) is 7.35. The first-order valence-electron chi connectivity index (χ1n) is 8.56. The van der Waals surface area contributed by atoms with Gasteiger partial charge in [0.25, 0.3) is 0 Å². The zero-order chi connectivity index (χ0) is 19.5. The van der Waals surface area contributed by atoms with Crippen molar-refractivity contribution in [2.24, 2.45) is 5.73 Å². The highest BCUT2D eigenvalue weighted by molar-refractivity contribution is 5.95. The molecule has 0 fully saturated rings. The van der Waals surface area contributed by atoms with Crippen LogP contribution >= 0.6 is 0 Å². The van der Waals surface area contributed by atoms with Crippen LogP contribution < -0.4 is 15.2 Å². The Bertz CT molecular complexity index is 729.